The zero-order chi connectivity index (χ0) is 12.1. The molecule has 1 fully saturated rings. The average Bonchev–Trinajstić information content (AvgIpc) is 2.75. The van der Waals surface area contributed by atoms with E-state index in [1.54, 1.807) is 0 Å². The lowest BCUT2D eigenvalue weighted by molar-refractivity contribution is 0.228. The van der Waals surface area contributed by atoms with E-state index in [2.05, 4.69) is 45.2 Å². The summed E-state index contributed by atoms with van der Waals surface area (Å²) in [6.45, 7) is 6.86. The van der Waals surface area contributed by atoms with Gasteiger partial charge >= 0.3 is 0 Å². The van der Waals surface area contributed by atoms with E-state index in [0.29, 0.717) is 6.04 Å². The Morgan fingerprint density at radius 1 is 1.47 bits per heavy atom. The van der Waals surface area contributed by atoms with Crippen molar-refractivity contribution >= 4 is 27.3 Å². The number of rotatable bonds is 5. The molecular weight excluding hydrogens is 296 g/mol. The first kappa shape index (κ1) is 13.5. The van der Waals surface area contributed by atoms with Gasteiger partial charge in [-0.3, -0.25) is 4.90 Å². The van der Waals surface area contributed by atoms with Gasteiger partial charge in [0, 0.05) is 24.0 Å². The second-order valence-corrected chi connectivity index (χ2v) is 7.23. The lowest BCUT2D eigenvalue weighted by Crippen LogP contribution is -2.43. The van der Waals surface area contributed by atoms with Gasteiger partial charge in [0.1, 0.15) is 0 Å². The molecule has 0 saturated carbocycles. The van der Waals surface area contributed by atoms with E-state index < -0.39 is 0 Å². The lowest BCUT2D eigenvalue weighted by Gasteiger charge is -2.29. The molecular formula is C13H21BrN2S. The summed E-state index contributed by atoms with van der Waals surface area (Å²) in [6.07, 6.45) is 4.07. The van der Waals surface area contributed by atoms with Crippen molar-refractivity contribution < 1.29 is 0 Å². The van der Waals surface area contributed by atoms with Crippen LogP contribution in [0, 0.1) is 0 Å². The van der Waals surface area contributed by atoms with Crippen LogP contribution in [0.3, 0.4) is 0 Å². The normalized spacial score (nSPS) is 21.0. The van der Waals surface area contributed by atoms with Crippen molar-refractivity contribution in [1.29, 1.82) is 0 Å². The van der Waals surface area contributed by atoms with Gasteiger partial charge in [-0.15, -0.1) is 11.3 Å². The van der Waals surface area contributed by atoms with Crippen LogP contribution in [0.1, 0.15) is 31.1 Å². The summed E-state index contributed by atoms with van der Waals surface area (Å²) in [4.78, 5) is 4.00. The van der Waals surface area contributed by atoms with E-state index in [0.717, 1.165) is 13.1 Å². The molecule has 0 aromatic carbocycles. The monoisotopic (exact) mass is 316 g/mol. The summed E-state index contributed by atoms with van der Waals surface area (Å²) in [5.74, 6) is 0. The second-order valence-electron chi connectivity index (χ2n) is 4.68. The maximum absolute atomic E-state index is 3.63. The van der Waals surface area contributed by atoms with Crippen LogP contribution in [0.25, 0.3) is 0 Å². The number of nitrogens with zero attached hydrogens (tertiary/aromatic N) is 1. The summed E-state index contributed by atoms with van der Waals surface area (Å²) in [5, 5.41) is 3.63. The van der Waals surface area contributed by atoms with E-state index in [4.69, 9.17) is 0 Å². The Kier molecular flexibility index (Phi) is 5.48. The van der Waals surface area contributed by atoms with Crippen LogP contribution in [0.5, 0.6) is 0 Å². The topological polar surface area (TPSA) is 15.3 Å². The number of hydrogen-bond donors (Lipinski definition) is 1. The molecule has 2 rings (SSSR count). The fourth-order valence-electron chi connectivity index (χ4n) is 2.35. The zero-order valence-electron chi connectivity index (χ0n) is 10.4. The predicted molar refractivity (Wildman–Crippen MR) is 78.6 cm³/mol. The van der Waals surface area contributed by atoms with Crippen LogP contribution in [-0.2, 0) is 6.54 Å². The fourth-order valence-corrected chi connectivity index (χ4v) is 3.88. The Morgan fingerprint density at radius 2 is 2.35 bits per heavy atom. The molecule has 1 aromatic heterocycles. The van der Waals surface area contributed by atoms with E-state index in [1.165, 1.54) is 41.0 Å². The quantitative estimate of drug-likeness (QED) is 0.894. The van der Waals surface area contributed by atoms with Crippen molar-refractivity contribution in [1.82, 2.24) is 10.2 Å². The van der Waals surface area contributed by atoms with Gasteiger partial charge < -0.3 is 5.32 Å². The van der Waals surface area contributed by atoms with Crippen LogP contribution >= 0.6 is 27.3 Å². The van der Waals surface area contributed by atoms with Crippen LogP contribution in [0.4, 0.5) is 0 Å². The molecule has 2 nitrogen and oxygen atoms in total. The maximum atomic E-state index is 3.63. The minimum atomic E-state index is 0.701. The minimum Gasteiger partial charge on any atom is -0.313 e. The fraction of sp³-hybridized carbons (Fsp3) is 0.692. The summed E-state index contributed by atoms with van der Waals surface area (Å²) >= 11 is 5.38. The van der Waals surface area contributed by atoms with Crippen LogP contribution in [0.2, 0.25) is 0 Å². The Bertz CT molecular complexity index is 334. The summed E-state index contributed by atoms with van der Waals surface area (Å²) in [7, 11) is 0. The molecule has 1 aromatic rings. The molecule has 1 unspecified atom stereocenters. The van der Waals surface area contributed by atoms with Gasteiger partial charge in [0.25, 0.3) is 0 Å². The summed E-state index contributed by atoms with van der Waals surface area (Å²) < 4.78 is 1.24. The third-order valence-corrected chi connectivity index (χ3v) is 4.95. The van der Waals surface area contributed by atoms with Gasteiger partial charge in [0.05, 0.1) is 3.79 Å². The van der Waals surface area contributed by atoms with E-state index >= 15 is 0 Å². The highest BCUT2D eigenvalue weighted by Gasteiger charge is 2.16. The molecule has 1 aliphatic heterocycles. The Hall–Kier alpha value is 0.1000. The van der Waals surface area contributed by atoms with Gasteiger partial charge in [0.15, 0.2) is 0 Å². The highest BCUT2D eigenvalue weighted by molar-refractivity contribution is 9.11. The van der Waals surface area contributed by atoms with Crippen molar-refractivity contribution in [3.05, 3.63) is 20.8 Å². The van der Waals surface area contributed by atoms with Crippen LogP contribution in [-0.4, -0.2) is 30.6 Å². The molecule has 2 heterocycles. The first-order valence-corrected chi connectivity index (χ1v) is 8.09. The molecule has 4 heteroatoms. The zero-order valence-corrected chi connectivity index (χ0v) is 12.8. The third kappa shape index (κ3) is 4.36. The molecule has 1 saturated heterocycles. The second kappa shape index (κ2) is 6.88. The molecule has 17 heavy (non-hydrogen) atoms. The molecule has 0 bridgehead atoms. The molecule has 1 N–H and O–H groups in total. The smallest absolute Gasteiger partial charge is 0.0701 e. The lowest BCUT2D eigenvalue weighted by atomic mass is 10.0. The Labute approximate surface area is 117 Å². The molecule has 1 atom stereocenters. The number of halogens is 1. The number of thiophene rings is 1. The Balaban J connectivity index is 1.83. The van der Waals surface area contributed by atoms with Gasteiger partial charge in [-0.1, -0.05) is 13.3 Å². The SMILES string of the molecule is CCN(Cc1ccc(Br)s1)CC1CCCCN1. The van der Waals surface area contributed by atoms with E-state index in [1.807, 2.05) is 11.3 Å². The molecule has 1 aliphatic rings. The minimum absolute atomic E-state index is 0.701. The predicted octanol–water partition coefficient (Wildman–Crippen LogP) is 3.47. The maximum Gasteiger partial charge on any atom is 0.0701 e. The van der Waals surface area contributed by atoms with Crippen molar-refractivity contribution in [2.75, 3.05) is 19.6 Å². The van der Waals surface area contributed by atoms with Crippen LogP contribution < -0.4 is 5.32 Å². The molecule has 0 spiro atoms. The number of hydrogen-bond acceptors (Lipinski definition) is 3. The van der Waals surface area contributed by atoms with Gasteiger partial charge in [-0.25, -0.2) is 0 Å². The standard InChI is InChI=1S/C13H21BrN2S/c1-2-16(9-11-5-3-4-8-15-11)10-12-6-7-13(14)17-12/h6-7,11,15H,2-5,8-10H2,1H3. The van der Waals surface area contributed by atoms with Crippen molar-refractivity contribution in [3.8, 4) is 0 Å². The van der Waals surface area contributed by atoms with E-state index in [9.17, 15) is 0 Å². The van der Waals surface area contributed by atoms with Gasteiger partial charge in [-0.05, 0) is 54.0 Å². The van der Waals surface area contributed by atoms with Crippen molar-refractivity contribution in [2.24, 2.45) is 0 Å². The first-order chi connectivity index (χ1) is 8.28. The average molecular weight is 317 g/mol. The molecule has 0 radical (unpaired) electrons. The summed E-state index contributed by atoms with van der Waals surface area (Å²) in [5.41, 5.74) is 0. The Morgan fingerprint density at radius 3 is 2.94 bits per heavy atom. The number of piperidine rings is 1. The van der Waals surface area contributed by atoms with Gasteiger partial charge in [0.2, 0.25) is 0 Å². The summed E-state index contributed by atoms with van der Waals surface area (Å²) in [6, 6.07) is 5.07. The first-order valence-electron chi connectivity index (χ1n) is 6.48. The van der Waals surface area contributed by atoms with Crippen molar-refractivity contribution in [2.45, 2.75) is 38.8 Å². The highest BCUT2D eigenvalue weighted by Crippen LogP contribution is 2.23. The molecule has 0 aliphatic carbocycles. The van der Waals surface area contributed by atoms with E-state index in [-0.39, 0.29) is 0 Å². The largest absolute Gasteiger partial charge is 0.313 e. The van der Waals surface area contributed by atoms with Crippen LogP contribution in [0.15, 0.2) is 15.9 Å². The molecule has 0 amide bonds. The number of nitrogens with one attached hydrogen (secondary N) is 1. The molecule has 96 valence electrons. The third-order valence-electron chi connectivity index (χ3n) is 3.35. The highest BCUT2D eigenvalue weighted by atomic mass is 79.9. The van der Waals surface area contributed by atoms with Crippen molar-refractivity contribution in [3.63, 3.8) is 0 Å². The number of likely N-dealkylation sites (N-methyl/N-ethyl adjacent to an activating group) is 1. The van der Waals surface area contributed by atoms with Gasteiger partial charge in [-0.2, -0.15) is 0 Å².